The highest BCUT2D eigenvalue weighted by Gasteiger charge is 2.08. The van der Waals surface area contributed by atoms with Gasteiger partial charge in [-0.15, -0.1) is 6.58 Å². The van der Waals surface area contributed by atoms with Crippen molar-refractivity contribution < 1.29 is 4.74 Å². The van der Waals surface area contributed by atoms with E-state index in [1.54, 1.807) is 24.3 Å². The lowest BCUT2D eigenvalue weighted by Gasteiger charge is -2.13. The minimum Gasteiger partial charge on any atom is -0.488 e. The number of nitrogen functional groups attached to an aromatic ring is 1. The van der Waals surface area contributed by atoms with Crippen molar-refractivity contribution in [3.05, 3.63) is 70.2 Å². The van der Waals surface area contributed by atoms with Gasteiger partial charge in [0.15, 0.2) is 0 Å². The fourth-order valence-electron chi connectivity index (χ4n) is 1.88. The molecule has 2 nitrogen and oxygen atoms in total. The highest BCUT2D eigenvalue weighted by molar-refractivity contribution is 6.35. The van der Waals surface area contributed by atoms with Crippen LogP contribution in [0.1, 0.15) is 11.1 Å². The predicted octanol–water partition coefficient (Wildman–Crippen LogP) is 4.88. The minimum absolute atomic E-state index is 0.312. The number of halogens is 2. The van der Waals surface area contributed by atoms with E-state index >= 15 is 0 Å². The van der Waals surface area contributed by atoms with Crippen LogP contribution >= 0.6 is 23.2 Å². The SMILES string of the molecule is C=CCc1cc(N)ccc1OCc1c(Cl)cccc1Cl. The minimum atomic E-state index is 0.312. The van der Waals surface area contributed by atoms with E-state index in [0.717, 1.165) is 16.9 Å². The third-order valence-electron chi connectivity index (χ3n) is 2.88. The van der Waals surface area contributed by atoms with Gasteiger partial charge in [-0.1, -0.05) is 35.3 Å². The van der Waals surface area contributed by atoms with Gasteiger partial charge in [0, 0.05) is 21.3 Å². The van der Waals surface area contributed by atoms with Crippen LogP contribution in [-0.4, -0.2) is 0 Å². The molecule has 0 saturated heterocycles. The molecule has 0 aliphatic carbocycles. The van der Waals surface area contributed by atoms with Gasteiger partial charge < -0.3 is 10.5 Å². The lowest BCUT2D eigenvalue weighted by molar-refractivity contribution is 0.304. The zero-order valence-corrected chi connectivity index (χ0v) is 12.4. The summed E-state index contributed by atoms with van der Waals surface area (Å²) in [4.78, 5) is 0. The number of hydrogen-bond donors (Lipinski definition) is 1. The fourth-order valence-corrected chi connectivity index (χ4v) is 2.38. The molecule has 0 amide bonds. The number of allylic oxidation sites excluding steroid dienone is 1. The molecule has 0 aliphatic rings. The Kier molecular flexibility index (Phi) is 4.94. The van der Waals surface area contributed by atoms with Gasteiger partial charge in [0.2, 0.25) is 0 Å². The summed E-state index contributed by atoms with van der Waals surface area (Å²) >= 11 is 12.2. The van der Waals surface area contributed by atoms with Gasteiger partial charge in [-0.25, -0.2) is 0 Å². The van der Waals surface area contributed by atoms with Crippen LogP contribution in [0.3, 0.4) is 0 Å². The second-order valence-electron chi connectivity index (χ2n) is 4.35. The molecule has 0 unspecified atom stereocenters. The van der Waals surface area contributed by atoms with Crippen LogP contribution in [0.5, 0.6) is 5.75 Å². The molecule has 0 aromatic heterocycles. The maximum Gasteiger partial charge on any atom is 0.123 e. The molecule has 0 bridgehead atoms. The number of rotatable bonds is 5. The normalized spacial score (nSPS) is 10.3. The van der Waals surface area contributed by atoms with Crippen molar-refractivity contribution >= 4 is 28.9 Å². The van der Waals surface area contributed by atoms with E-state index in [9.17, 15) is 0 Å². The fraction of sp³-hybridized carbons (Fsp3) is 0.125. The van der Waals surface area contributed by atoms with Gasteiger partial charge >= 0.3 is 0 Å². The third-order valence-corrected chi connectivity index (χ3v) is 3.59. The molecular weight excluding hydrogens is 293 g/mol. The lowest BCUT2D eigenvalue weighted by atomic mass is 10.1. The molecule has 2 N–H and O–H groups in total. The Hall–Kier alpha value is -1.64. The zero-order valence-electron chi connectivity index (χ0n) is 10.9. The van der Waals surface area contributed by atoms with Crippen LogP contribution in [0.2, 0.25) is 10.0 Å². The van der Waals surface area contributed by atoms with E-state index in [0.29, 0.717) is 28.8 Å². The monoisotopic (exact) mass is 307 g/mol. The molecule has 0 radical (unpaired) electrons. The van der Waals surface area contributed by atoms with Crippen molar-refractivity contribution in [2.45, 2.75) is 13.0 Å². The highest BCUT2D eigenvalue weighted by Crippen LogP contribution is 2.28. The maximum atomic E-state index is 6.12. The Morgan fingerprint density at radius 2 is 1.85 bits per heavy atom. The molecule has 0 heterocycles. The average molecular weight is 308 g/mol. The van der Waals surface area contributed by atoms with Crippen LogP contribution in [0.25, 0.3) is 0 Å². The predicted molar refractivity (Wildman–Crippen MR) is 85.5 cm³/mol. The molecular formula is C16H15Cl2NO. The van der Waals surface area contributed by atoms with Gasteiger partial charge in [0.25, 0.3) is 0 Å². The lowest BCUT2D eigenvalue weighted by Crippen LogP contribution is -2.00. The van der Waals surface area contributed by atoms with Crippen molar-refractivity contribution in [2.24, 2.45) is 0 Å². The smallest absolute Gasteiger partial charge is 0.123 e. The number of benzene rings is 2. The standard InChI is InChI=1S/C16H15Cl2NO/c1-2-4-11-9-12(19)7-8-16(11)20-10-13-14(17)5-3-6-15(13)18/h2-3,5-9H,1,4,10,19H2. The number of hydrogen-bond acceptors (Lipinski definition) is 2. The van der Waals surface area contributed by atoms with Crippen molar-refractivity contribution in [1.82, 2.24) is 0 Å². The first kappa shape index (κ1) is 14.8. The van der Waals surface area contributed by atoms with E-state index in [-0.39, 0.29) is 0 Å². The van der Waals surface area contributed by atoms with Crippen LogP contribution in [0.15, 0.2) is 49.1 Å². The Balaban J connectivity index is 2.20. The summed E-state index contributed by atoms with van der Waals surface area (Å²) in [5.74, 6) is 0.759. The third kappa shape index (κ3) is 3.47. The molecule has 0 saturated carbocycles. The second-order valence-corrected chi connectivity index (χ2v) is 5.16. The highest BCUT2D eigenvalue weighted by atomic mass is 35.5. The van der Waals surface area contributed by atoms with Gasteiger partial charge in [-0.3, -0.25) is 0 Å². The molecule has 2 aromatic rings. The van der Waals surface area contributed by atoms with Crippen LogP contribution in [-0.2, 0) is 13.0 Å². The number of nitrogens with two attached hydrogens (primary N) is 1. The second kappa shape index (κ2) is 6.69. The van der Waals surface area contributed by atoms with Crippen LogP contribution in [0, 0.1) is 0 Å². The zero-order chi connectivity index (χ0) is 14.5. The average Bonchev–Trinajstić information content (AvgIpc) is 2.40. The van der Waals surface area contributed by atoms with Crippen molar-refractivity contribution in [1.29, 1.82) is 0 Å². The van der Waals surface area contributed by atoms with E-state index < -0.39 is 0 Å². The quantitative estimate of drug-likeness (QED) is 0.631. The number of anilines is 1. The molecule has 0 aliphatic heterocycles. The van der Waals surface area contributed by atoms with Crippen LogP contribution in [0.4, 0.5) is 5.69 Å². The molecule has 20 heavy (non-hydrogen) atoms. The molecule has 2 aromatic carbocycles. The molecule has 0 spiro atoms. The van der Waals surface area contributed by atoms with Gasteiger partial charge in [-0.2, -0.15) is 0 Å². The summed E-state index contributed by atoms with van der Waals surface area (Å²) in [6.45, 7) is 4.05. The van der Waals surface area contributed by atoms with Crippen molar-refractivity contribution in [3.63, 3.8) is 0 Å². The first-order valence-electron chi connectivity index (χ1n) is 6.17. The largest absolute Gasteiger partial charge is 0.488 e. The maximum absolute atomic E-state index is 6.12. The van der Waals surface area contributed by atoms with E-state index in [1.165, 1.54) is 0 Å². The van der Waals surface area contributed by atoms with E-state index in [4.69, 9.17) is 33.7 Å². The van der Waals surface area contributed by atoms with Crippen molar-refractivity contribution in [2.75, 3.05) is 5.73 Å². The van der Waals surface area contributed by atoms with Crippen LogP contribution < -0.4 is 10.5 Å². The van der Waals surface area contributed by atoms with Gasteiger partial charge in [0.05, 0.1) is 0 Å². The summed E-state index contributed by atoms with van der Waals surface area (Å²) in [5, 5.41) is 1.19. The molecule has 4 heteroatoms. The summed E-state index contributed by atoms with van der Waals surface area (Å²) in [6, 6.07) is 10.9. The Morgan fingerprint density at radius 3 is 2.50 bits per heavy atom. The van der Waals surface area contributed by atoms with Crippen molar-refractivity contribution in [3.8, 4) is 5.75 Å². The topological polar surface area (TPSA) is 35.2 Å². The first-order chi connectivity index (χ1) is 9.61. The Labute approximate surface area is 128 Å². The molecule has 0 fully saturated rings. The van der Waals surface area contributed by atoms with E-state index in [1.807, 2.05) is 18.2 Å². The molecule has 0 atom stereocenters. The Bertz CT molecular complexity index is 606. The van der Waals surface area contributed by atoms with E-state index in [2.05, 4.69) is 6.58 Å². The summed E-state index contributed by atoms with van der Waals surface area (Å²) in [6.07, 6.45) is 2.50. The Morgan fingerprint density at radius 1 is 1.15 bits per heavy atom. The summed E-state index contributed by atoms with van der Waals surface area (Å²) in [7, 11) is 0. The molecule has 104 valence electrons. The first-order valence-corrected chi connectivity index (χ1v) is 6.92. The summed E-state index contributed by atoms with van der Waals surface area (Å²) < 4.78 is 5.82. The van der Waals surface area contributed by atoms with Gasteiger partial charge in [0.1, 0.15) is 12.4 Å². The number of ether oxygens (including phenoxy) is 1. The summed E-state index contributed by atoms with van der Waals surface area (Å²) in [5.41, 5.74) is 8.24. The molecule has 2 rings (SSSR count). The van der Waals surface area contributed by atoms with Gasteiger partial charge in [-0.05, 0) is 42.3 Å².